The van der Waals surface area contributed by atoms with Crippen molar-refractivity contribution in [2.24, 2.45) is 0 Å². The van der Waals surface area contributed by atoms with Crippen LogP contribution in [0.1, 0.15) is 30.0 Å². The van der Waals surface area contributed by atoms with Crippen LogP contribution < -0.4 is 10.1 Å². The van der Waals surface area contributed by atoms with Gasteiger partial charge in [0.15, 0.2) is 11.5 Å². The average molecular weight is 269 g/mol. The number of ether oxygens (including phenoxy) is 1. The molecule has 3 nitrogen and oxygen atoms in total. The molecule has 1 fully saturated rings. The average Bonchev–Trinajstić information content (AvgIpc) is 3.01. The molecule has 0 radical (unpaired) electrons. The predicted molar refractivity (Wildman–Crippen MR) is 78.9 cm³/mol. The summed E-state index contributed by atoms with van der Waals surface area (Å²) in [7, 11) is 0. The van der Waals surface area contributed by atoms with E-state index < -0.39 is 0 Å². The Balaban J connectivity index is 1.75. The summed E-state index contributed by atoms with van der Waals surface area (Å²) < 4.78 is 5.75. The molecule has 1 atom stereocenters. The number of rotatable bonds is 4. The number of aromatic hydroxyl groups is 1. The monoisotopic (exact) mass is 269 g/mol. The highest BCUT2D eigenvalue weighted by Crippen LogP contribution is 2.37. The quantitative estimate of drug-likeness (QED) is 0.894. The largest absolute Gasteiger partial charge is 0.504 e. The van der Waals surface area contributed by atoms with Crippen molar-refractivity contribution in [3.05, 3.63) is 59.7 Å². The number of hydrogen-bond acceptors (Lipinski definition) is 3. The molecule has 2 N–H and O–H groups in total. The number of phenols is 1. The fourth-order valence-electron chi connectivity index (χ4n) is 2.62. The minimum atomic E-state index is 0.246. The van der Waals surface area contributed by atoms with Gasteiger partial charge in [0.05, 0.1) is 0 Å². The molecule has 0 amide bonds. The summed E-state index contributed by atoms with van der Waals surface area (Å²) in [6.45, 7) is 1.48. The first-order chi connectivity index (χ1) is 9.84. The van der Waals surface area contributed by atoms with Crippen molar-refractivity contribution in [2.75, 3.05) is 6.54 Å². The first-order valence-electron chi connectivity index (χ1n) is 7.06. The molecule has 2 aromatic rings. The first kappa shape index (κ1) is 13.0. The van der Waals surface area contributed by atoms with E-state index in [0.717, 1.165) is 30.5 Å². The molecule has 3 rings (SSSR count). The van der Waals surface area contributed by atoms with Crippen LogP contribution in [0.5, 0.6) is 11.5 Å². The summed E-state index contributed by atoms with van der Waals surface area (Å²) in [6.07, 6.45) is 2.22. The standard InChI is InChI=1S/C17H19NO2/c19-17-14(15-9-5-11-18-15)8-4-10-16(17)20-12-13-6-2-1-3-7-13/h1-4,6-8,10,15,18-19H,5,9,11-12H2. The van der Waals surface area contributed by atoms with Crippen molar-refractivity contribution in [3.63, 3.8) is 0 Å². The summed E-state index contributed by atoms with van der Waals surface area (Å²) >= 11 is 0. The van der Waals surface area contributed by atoms with Gasteiger partial charge in [0, 0.05) is 11.6 Å². The maximum Gasteiger partial charge on any atom is 0.162 e. The predicted octanol–water partition coefficient (Wildman–Crippen LogP) is 3.40. The molecule has 0 aliphatic carbocycles. The molecule has 0 saturated carbocycles. The molecule has 1 unspecified atom stereocenters. The van der Waals surface area contributed by atoms with Crippen molar-refractivity contribution < 1.29 is 9.84 Å². The molecule has 0 aromatic heterocycles. The van der Waals surface area contributed by atoms with Gasteiger partial charge in [0.2, 0.25) is 0 Å². The highest BCUT2D eigenvalue weighted by molar-refractivity contribution is 5.47. The fraction of sp³-hybridized carbons (Fsp3) is 0.294. The molecule has 20 heavy (non-hydrogen) atoms. The van der Waals surface area contributed by atoms with Gasteiger partial charge in [-0.25, -0.2) is 0 Å². The Morgan fingerprint density at radius 2 is 1.95 bits per heavy atom. The van der Waals surface area contributed by atoms with E-state index in [1.165, 1.54) is 0 Å². The van der Waals surface area contributed by atoms with E-state index >= 15 is 0 Å². The Bertz CT molecular complexity index is 562. The third kappa shape index (κ3) is 2.78. The van der Waals surface area contributed by atoms with Gasteiger partial charge in [0.1, 0.15) is 6.61 Å². The lowest BCUT2D eigenvalue weighted by Gasteiger charge is -2.15. The zero-order chi connectivity index (χ0) is 13.8. The molecule has 1 aliphatic rings. The summed E-state index contributed by atoms with van der Waals surface area (Å²) in [5, 5.41) is 13.8. The van der Waals surface area contributed by atoms with Gasteiger partial charge in [-0.1, -0.05) is 42.5 Å². The number of hydrogen-bond donors (Lipinski definition) is 2. The van der Waals surface area contributed by atoms with E-state index in [-0.39, 0.29) is 11.8 Å². The van der Waals surface area contributed by atoms with Crippen LogP contribution in [0, 0.1) is 0 Å². The van der Waals surface area contributed by atoms with Crippen LogP contribution in [-0.2, 0) is 6.61 Å². The second-order valence-electron chi connectivity index (χ2n) is 5.12. The summed E-state index contributed by atoms with van der Waals surface area (Å²) in [5.41, 5.74) is 2.03. The van der Waals surface area contributed by atoms with Gasteiger partial charge in [0.25, 0.3) is 0 Å². The van der Waals surface area contributed by atoms with Crippen LogP contribution >= 0.6 is 0 Å². The molecule has 0 bridgehead atoms. The molecule has 3 heteroatoms. The van der Waals surface area contributed by atoms with Crippen LogP contribution in [0.2, 0.25) is 0 Å². The molecule has 104 valence electrons. The first-order valence-corrected chi connectivity index (χ1v) is 7.06. The topological polar surface area (TPSA) is 41.5 Å². The summed E-state index contributed by atoms with van der Waals surface area (Å²) in [4.78, 5) is 0. The van der Waals surface area contributed by atoms with Crippen LogP contribution in [0.25, 0.3) is 0 Å². The Labute approximate surface area is 119 Å². The van der Waals surface area contributed by atoms with Crippen LogP contribution in [0.3, 0.4) is 0 Å². The van der Waals surface area contributed by atoms with E-state index in [9.17, 15) is 5.11 Å². The van der Waals surface area contributed by atoms with Crippen molar-refractivity contribution in [1.29, 1.82) is 0 Å². The molecule has 1 heterocycles. The van der Waals surface area contributed by atoms with E-state index in [4.69, 9.17) is 4.74 Å². The minimum Gasteiger partial charge on any atom is -0.504 e. The Morgan fingerprint density at radius 1 is 1.10 bits per heavy atom. The summed E-state index contributed by atoms with van der Waals surface area (Å²) in [6, 6.07) is 15.9. The Hall–Kier alpha value is -2.00. The van der Waals surface area contributed by atoms with Crippen LogP contribution in [-0.4, -0.2) is 11.7 Å². The second-order valence-corrected chi connectivity index (χ2v) is 5.12. The summed E-state index contributed by atoms with van der Waals surface area (Å²) in [5.74, 6) is 0.822. The van der Waals surface area contributed by atoms with Gasteiger partial charge in [-0.05, 0) is 31.0 Å². The lowest BCUT2D eigenvalue weighted by atomic mass is 10.0. The number of phenolic OH excluding ortho intramolecular Hbond substituents is 1. The zero-order valence-corrected chi connectivity index (χ0v) is 11.4. The Morgan fingerprint density at radius 3 is 2.70 bits per heavy atom. The van der Waals surface area contributed by atoms with Gasteiger partial charge in [-0.3, -0.25) is 0 Å². The molecule has 1 aliphatic heterocycles. The maximum absolute atomic E-state index is 10.4. The van der Waals surface area contributed by atoms with Gasteiger partial charge >= 0.3 is 0 Å². The Kier molecular flexibility index (Phi) is 3.88. The minimum absolute atomic E-state index is 0.246. The number of benzene rings is 2. The van der Waals surface area contributed by atoms with Crippen molar-refractivity contribution in [3.8, 4) is 11.5 Å². The normalized spacial score (nSPS) is 18.1. The third-order valence-corrected chi connectivity index (χ3v) is 3.70. The molecule has 0 spiro atoms. The number of nitrogens with one attached hydrogen (secondary N) is 1. The smallest absolute Gasteiger partial charge is 0.162 e. The SMILES string of the molecule is Oc1c(OCc2ccccc2)cccc1C1CCCN1. The van der Waals surface area contributed by atoms with E-state index in [1.54, 1.807) is 0 Å². The van der Waals surface area contributed by atoms with Crippen molar-refractivity contribution in [1.82, 2.24) is 5.32 Å². The van der Waals surface area contributed by atoms with E-state index in [0.29, 0.717) is 12.4 Å². The van der Waals surface area contributed by atoms with Gasteiger partial charge in [-0.15, -0.1) is 0 Å². The van der Waals surface area contributed by atoms with Crippen LogP contribution in [0.15, 0.2) is 48.5 Å². The fourth-order valence-corrected chi connectivity index (χ4v) is 2.62. The second kappa shape index (κ2) is 5.97. The highest BCUT2D eigenvalue weighted by atomic mass is 16.5. The van der Waals surface area contributed by atoms with E-state index in [2.05, 4.69) is 5.32 Å². The van der Waals surface area contributed by atoms with Crippen LogP contribution in [0.4, 0.5) is 0 Å². The van der Waals surface area contributed by atoms with Crippen molar-refractivity contribution in [2.45, 2.75) is 25.5 Å². The highest BCUT2D eigenvalue weighted by Gasteiger charge is 2.21. The number of para-hydroxylation sites is 1. The molecule has 1 saturated heterocycles. The van der Waals surface area contributed by atoms with Crippen molar-refractivity contribution >= 4 is 0 Å². The maximum atomic E-state index is 10.4. The van der Waals surface area contributed by atoms with Gasteiger partial charge < -0.3 is 15.2 Å². The molecule has 2 aromatic carbocycles. The third-order valence-electron chi connectivity index (χ3n) is 3.70. The lowest BCUT2D eigenvalue weighted by molar-refractivity contribution is 0.287. The molecular weight excluding hydrogens is 250 g/mol. The van der Waals surface area contributed by atoms with Gasteiger partial charge in [-0.2, -0.15) is 0 Å². The lowest BCUT2D eigenvalue weighted by Crippen LogP contribution is -2.13. The van der Waals surface area contributed by atoms with E-state index in [1.807, 2.05) is 48.5 Å². The zero-order valence-electron chi connectivity index (χ0n) is 11.4. The molecular formula is C17H19NO2.